The lowest BCUT2D eigenvalue weighted by Crippen LogP contribution is -2.07. The number of rotatable bonds is 2. The van der Waals surface area contributed by atoms with Crippen LogP contribution in [0.4, 0.5) is 0 Å². The van der Waals surface area contributed by atoms with E-state index in [2.05, 4.69) is 30.6 Å². The van der Waals surface area contributed by atoms with E-state index in [0.29, 0.717) is 0 Å². The van der Waals surface area contributed by atoms with E-state index in [0.717, 1.165) is 6.26 Å². The van der Waals surface area contributed by atoms with Crippen LogP contribution in [-0.4, -0.2) is 24.8 Å². The fraction of sp³-hybridized carbons (Fsp3) is 0.600. The van der Waals surface area contributed by atoms with Crippen LogP contribution in [0.15, 0.2) is 9.26 Å². The van der Waals surface area contributed by atoms with Crippen LogP contribution in [0.5, 0.6) is 0 Å². The van der Waals surface area contributed by atoms with Crippen LogP contribution in [0.25, 0.3) is 0 Å². The maximum Gasteiger partial charge on any atom is 0.245 e. The van der Waals surface area contributed by atoms with Gasteiger partial charge in [-0.3, -0.25) is 0 Å². The standard InChI is InChI=1S/C5H7BrN2O3S/c1-3(12(2,9)10)4-7-5(6)8-11-4/h3H,1-2H3. The molecule has 5 nitrogen and oxygen atoms in total. The van der Waals surface area contributed by atoms with Gasteiger partial charge in [0.25, 0.3) is 0 Å². The molecule has 0 fully saturated rings. The third-order valence-corrected chi connectivity index (χ3v) is 3.22. The van der Waals surface area contributed by atoms with Gasteiger partial charge in [-0.15, -0.1) is 0 Å². The summed E-state index contributed by atoms with van der Waals surface area (Å²) in [5, 5.41) is 2.66. The molecular weight excluding hydrogens is 248 g/mol. The summed E-state index contributed by atoms with van der Waals surface area (Å²) < 4.78 is 26.9. The summed E-state index contributed by atoms with van der Waals surface area (Å²) >= 11 is 2.96. The van der Waals surface area contributed by atoms with Crippen molar-refractivity contribution in [3.05, 3.63) is 10.6 Å². The van der Waals surface area contributed by atoms with Crippen molar-refractivity contribution >= 4 is 25.8 Å². The minimum absolute atomic E-state index is 0.101. The minimum atomic E-state index is -3.16. The van der Waals surface area contributed by atoms with Gasteiger partial charge in [-0.1, -0.05) is 0 Å². The maximum absolute atomic E-state index is 11.0. The van der Waals surface area contributed by atoms with Crippen molar-refractivity contribution in [1.29, 1.82) is 0 Å². The Bertz CT molecular complexity index is 372. The first kappa shape index (κ1) is 9.66. The zero-order chi connectivity index (χ0) is 9.35. The highest BCUT2D eigenvalue weighted by molar-refractivity contribution is 9.10. The topological polar surface area (TPSA) is 73.1 Å². The molecule has 0 radical (unpaired) electrons. The largest absolute Gasteiger partial charge is 0.337 e. The predicted molar refractivity (Wildman–Crippen MR) is 45.3 cm³/mol. The SMILES string of the molecule is CC(c1nc(Br)no1)S(C)(=O)=O. The van der Waals surface area contributed by atoms with Crippen molar-refractivity contribution < 1.29 is 12.9 Å². The zero-order valence-corrected chi connectivity index (χ0v) is 8.89. The molecule has 0 bridgehead atoms. The lowest BCUT2D eigenvalue weighted by molar-refractivity contribution is 0.373. The van der Waals surface area contributed by atoms with E-state index in [1.807, 2.05) is 0 Å². The van der Waals surface area contributed by atoms with Gasteiger partial charge in [0, 0.05) is 6.26 Å². The molecular formula is C5H7BrN2O3S. The Morgan fingerprint density at radius 3 is 2.50 bits per heavy atom. The molecule has 1 rings (SSSR count). The Kier molecular flexibility index (Phi) is 2.52. The molecule has 1 heterocycles. The Morgan fingerprint density at radius 1 is 1.58 bits per heavy atom. The fourth-order valence-electron chi connectivity index (χ4n) is 0.564. The summed E-state index contributed by atoms with van der Waals surface area (Å²) in [6.45, 7) is 1.50. The minimum Gasteiger partial charge on any atom is -0.337 e. The first-order chi connectivity index (χ1) is 5.41. The van der Waals surface area contributed by atoms with Gasteiger partial charge in [-0.2, -0.15) is 4.98 Å². The number of hydrogen-bond acceptors (Lipinski definition) is 5. The highest BCUT2D eigenvalue weighted by Gasteiger charge is 2.23. The van der Waals surface area contributed by atoms with Crippen LogP contribution >= 0.6 is 15.9 Å². The second-order valence-electron chi connectivity index (χ2n) is 2.37. The molecule has 1 unspecified atom stereocenters. The maximum atomic E-state index is 11.0. The lowest BCUT2D eigenvalue weighted by atomic mass is 10.5. The molecule has 1 aromatic heterocycles. The molecule has 0 aliphatic rings. The molecule has 1 aromatic rings. The summed E-state index contributed by atoms with van der Waals surface area (Å²) in [6.07, 6.45) is 1.12. The zero-order valence-electron chi connectivity index (χ0n) is 6.48. The van der Waals surface area contributed by atoms with Gasteiger partial charge in [0.1, 0.15) is 5.25 Å². The molecule has 0 amide bonds. The van der Waals surface area contributed by atoms with Gasteiger partial charge in [-0.05, 0) is 28.0 Å². The second-order valence-corrected chi connectivity index (χ2v) is 5.45. The monoisotopic (exact) mass is 254 g/mol. The molecule has 1 atom stereocenters. The first-order valence-electron chi connectivity index (χ1n) is 3.09. The third-order valence-electron chi connectivity index (χ3n) is 1.41. The summed E-state index contributed by atoms with van der Waals surface area (Å²) in [5.41, 5.74) is 0. The van der Waals surface area contributed by atoms with E-state index in [4.69, 9.17) is 0 Å². The van der Waals surface area contributed by atoms with E-state index in [9.17, 15) is 8.42 Å². The quantitative estimate of drug-likeness (QED) is 0.786. The smallest absolute Gasteiger partial charge is 0.245 e. The molecule has 0 spiro atoms. The summed E-state index contributed by atoms with van der Waals surface area (Å²) in [7, 11) is -3.16. The van der Waals surface area contributed by atoms with Crippen molar-refractivity contribution in [3.8, 4) is 0 Å². The molecule has 7 heteroatoms. The van der Waals surface area contributed by atoms with Gasteiger partial charge in [0.05, 0.1) is 0 Å². The Morgan fingerprint density at radius 2 is 2.17 bits per heavy atom. The molecule has 0 aliphatic heterocycles. The molecule has 0 aliphatic carbocycles. The molecule has 0 saturated carbocycles. The average molecular weight is 255 g/mol. The van der Waals surface area contributed by atoms with Gasteiger partial charge >= 0.3 is 0 Å². The highest BCUT2D eigenvalue weighted by Crippen LogP contribution is 2.19. The molecule has 0 N–H and O–H groups in total. The van der Waals surface area contributed by atoms with Crippen molar-refractivity contribution in [2.24, 2.45) is 0 Å². The van der Waals surface area contributed by atoms with Crippen molar-refractivity contribution in [3.63, 3.8) is 0 Å². The number of sulfone groups is 1. The number of nitrogens with zero attached hydrogens (tertiary/aromatic N) is 2. The van der Waals surface area contributed by atoms with Crippen molar-refractivity contribution in [1.82, 2.24) is 10.1 Å². The summed E-state index contributed by atoms with van der Waals surface area (Å²) in [6, 6.07) is 0. The van der Waals surface area contributed by atoms with Crippen LogP contribution in [0, 0.1) is 0 Å². The van der Waals surface area contributed by atoms with E-state index in [-0.39, 0.29) is 10.6 Å². The molecule has 0 aromatic carbocycles. The lowest BCUT2D eigenvalue weighted by Gasteiger charge is -2.00. The van der Waals surface area contributed by atoms with Gasteiger partial charge in [0.15, 0.2) is 9.84 Å². The van der Waals surface area contributed by atoms with E-state index in [1.165, 1.54) is 6.92 Å². The average Bonchev–Trinajstić information content (AvgIpc) is 2.32. The van der Waals surface area contributed by atoms with Crippen LogP contribution < -0.4 is 0 Å². The summed E-state index contributed by atoms with van der Waals surface area (Å²) in [4.78, 5) is 3.74. The van der Waals surface area contributed by atoms with Gasteiger partial charge < -0.3 is 4.52 Å². The molecule has 68 valence electrons. The van der Waals surface area contributed by atoms with Crippen LogP contribution in [0.3, 0.4) is 0 Å². The van der Waals surface area contributed by atoms with E-state index < -0.39 is 15.1 Å². The molecule has 12 heavy (non-hydrogen) atoms. The second kappa shape index (κ2) is 3.14. The Hall–Kier alpha value is -0.430. The van der Waals surface area contributed by atoms with Gasteiger partial charge in [0.2, 0.25) is 10.6 Å². The first-order valence-corrected chi connectivity index (χ1v) is 5.84. The summed E-state index contributed by atoms with van der Waals surface area (Å²) in [5.74, 6) is 0.101. The Labute approximate surface area is 78.2 Å². The van der Waals surface area contributed by atoms with E-state index >= 15 is 0 Å². The van der Waals surface area contributed by atoms with Crippen molar-refractivity contribution in [2.45, 2.75) is 12.2 Å². The Balaban J connectivity index is 3.01. The predicted octanol–water partition coefficient (Wildman–Crippen LogP) is 0.938. The fourth-order valence-corrected chi connectivity index (χ4v) is 1.27. The molecule has 0 saturated heterocycles. The highest BCUT2D eigenvalue weighted by atomic mass is 79.9. The number of halogens is 1. The van der Waals surface area contributed by atoms with Crippen LogP contribution in [-0.2, 0) is 9.84 Å². The third kappa shape index (κ3) is 2.04. The number of aromatic nitrogens is 2. The van der Waals surface area contributed by atoms with Crippen LogP contribution in [0.2, 0.25) is 0 Å². The van der Waals surface area contributed by atoms with Crippen LogP contribution in [0.1, 0.15) is 18.1 Å². The van der Waals surface area contributed by atoms with Crippen molar-refractivity contribution in [2.75, 3.05) is 6.26 Å². The number of hydrogen-bond donors (Lipinski definition) is 0. The van der Waals surface area contributed by atoms with Gasteiger partial charge in [-0.25, -0.2) is 8.42 Å². The normalized spacial score (nSPS) is 14.6. The van der Waals surface area contributed by atoms with E-state index in [1.54, 1.807) is 0 Å².